The van der Waals surface area contributed by atoms with Crippen LogP contribution in [-0.4, -0.2) is 51.4 Å². The van der Waals surface area contributed by atoms with Gasteiger partial charge in [-0.05, 0) is 46.7 Å². The maximum atomic E-state index is 12.1. The van der Waals surface area contributed by atoms with Crippen molar-refractivity contribution in [2.24, 2.45) is 0 Å². The zero-order chi connectivity index (χ0) is 29.7. The van der Waals surface area contributed by atoms with Crippen molar-refractivity contribution in [3.63, 3.8) is 0 Å². The molecule has 1 aliphatic rings. The highest BCUT2D eigenvalue weighted by Gasteiger charge is 2.32. The highest BCUT2D eigenvalue weighted by molar-refractivity contribution is 7.99. The second-order valence-electron chi connectivity index (χ2n) is 10.3. The summed E-state index contributed by atoms with van der Waals surface area (Å²) in [5.41, 5.74) is 5.85. The maximum absolute atomic E-state index is 12.1. The van der Waals surface area contributed by atoms with E-state index in [1.54, 1.807) is 11.8 Å². The summed E-state index contributed by atoms with van der Waals surface area (Å²) in [6, 6.07) is 23.9. The molecule has 1 fully saturated rings. The average Bonchev–Trinajstić information content (AvgIpc) is 3.02. The van der Waals surface area contributed by atoms with E-state index in [4.69, 9.17) is 14.6 Å². The number of thioether (sulfide) groups is 1. The van der Waals surface area contributed by atoms with Crippen molar-refractivity contribution in [2.45, 2.75) is 63.8 Å². The van der Waals surface area contributed by atoms with Crippen LogP contribution in [0.3, 0.4) is 0 Å². The number of carboxylic acid groups (broad SMARTS) is 1. The summed E-state index contributed by atoms with van der Waals surface area (Å²) in [6.45, 7) is 0.537. The minimum absolute atomic E-state index is 0.00194. The van der Waals surface area contributed by atoms with Crippen molar-refractivity contribution in [1.29, 1.82) is 0 Å². The molecule has 3 atom stereocenters. The Morgan fingerprint density at radius 1 is 0.857 bits per heavy atom. The van der Waals surface area contributed by atoms with E-state index in [2.05, 4.69) is 5.32 Å². The van der Waals surface area contributed by atoms with Crippen LogP contribution in [0.25, 0.3) is 11.1 Å². The molecule has 0 saturated carbocycles. The lowest BCUT2D eigenvalue weighted by atomic mass is 9.99. The Hall–Kier alpha value is -3.21. The molecule has 9 heteroatoms. The van der Waals surface area contributed by atoms with Gasteiger partial charge in [0.25, 0.3) is 0 Å². The van der Waals surface area contributed by atoms with Gasteiger partial charge in [0.2, 0.25) is 5.91 Å². The van der Waals surface area contributed by atoms with Crippen LogP contribution in [0, 0.1) is 0 Å². The highest BCUT2D eigenvalue weighted by atomic mass is 32.2. The molecule has 0 radical (unpaired) electrons. The first kappa shape index (κ1) is 31.7. The smallest absolute Gasteiger partial charge is 0.303 e. The molecule has 1 amide bonds. The first-order valence-electron chi connectivity index (χ1n) is 14.3. The van der Waals surface area contributed by atoms with Gasteiger partial charge in [-0.15, -0.1) is 0 Å². The van der Waals surface area contributed by atoms with Gasteiger partial charge < -0.3 is 30.1 Å². The zero-order valence-electron chi connectivity index (χ0n) is 23.6. The zero-order valence-corrected chi connectivity index (χ0v) is 24.4. The Labute approximate surface area is 251 Å². The Balaban J connectivity index is 1.39. The summed E-state index contributed by atoms with van der Waals surface area (Å²) >= 11 is 1.66. The van der Waals surface area contributed by atoms with E-state index < -0.39 is 12.3 Å². The molecular formula is C33H39NO7S. The van der Waals surface area contributed by atoms with E-state index in [1.807, 2.05) is 72.8 Å². The van der Waals surface area contributed by atoms with Crippen LogP contribution >= 0.6 is 11.8 Å². The van der Waals surface area contributed by atoms with Crippen LogP contribution < -0.4 is 5.32 Å². The second kappa shape index (κ2) is 16.4. The summed E-state index contributed by atoms with van der Waals surface area (Å²) in [5, 5.41) is 30.3. The molecule has 8 nitrogen and oxygen atoms in total. The molecule has 42 heavy (non-hydrogen) atoms. The molecule has 3 aromatic carbocycles. The van der Waals surface area contributed by atoms with Crippen molar-refractivity contribution >= 4 is 23.6 Å². The van der Waals surface area contributed by atoms with Crippen LogP contribution in [0.2, 0.25) is 0 Å². The molecule has 0 unspecified atom stereocenters. The fraction of sp³-hybridized carbons (Fsp3) is 0.394. The number of aliphatic carboxylic acids is 1. The number of rotatable bonds is 15. The molecule has 4 N–H and O–H groups in total. The first-order valence-corrected chi connectivity index (χ1v) is 15.5. The largest absolute Gasteiger partial charge is 0.481 e. The minimum Gasteiger partial charge on any atom is -0.481 e. The van der Waals surface area contributed by atoms with Crippen LogP contribution in [0.4, 0.5) is 0 Å². The third-order valence-electron chi connectivity index (χ3n) is 7.13. The van der Waals surface area contributed by atoms with Gasteiger partial charge in [0.1, 0.15) is 0 Å². The molecular weight excluding hydrogens is 554 g/mol. The van der Waals surface area contributed by atoms with Gasteiger partial charge in [-0.3, -0.25) is 9.59 Å². The molecule has 1 heterocycles. The number of aliphatic hydroxyl groups excluding tert-OH is 2. The average molecular weight is 594 g/mol. The number of unbranched alkanes of at least 4 members (excludes halogenated alkanes) is 1. The number of amides is 1. The number of ether oxygens (including phenoxy) is 2. The molecule has 0 spiro atoms. The Kier molecular flexibility index (Phi) is 12.4. The Morgan fingerprint density at radius 2 is 1.60 bits per heavy atom. The summed E-state index contributed by atoms with van der Waals surface area (Å²) in [6.07, 6.45) is 1.42. The van der Waals surface area contributed by atoms with Crippen molar-refractivity contribution in [1.82, 2.24) is 5.32 Å². The topological polar surface area (TPSA) is 125 Å². The van der Waals surface area contributed by atoms with Gasteiger partial charge in [-0.2, -0.15) is 11.8 Å². The van der Waals surface area contributed by atoms with Crippen molar-refractivity contribution < 1.29 is 34.4 Å². The third-order valence-corrected chi connectivity index (χ3v) is 8.21. The van der Waals surface area contributed by atoms with Gasteiger partial charge in [0.05, 0.1) is 25.4 Å². The predicted octanol–water partition coefficient (Wildman–Crippen LogP) is 5.38. The summed E-state index contributed by atoms with van der Waals surface area (Å²) in [4.78, 5) is 22.8. The fourth-order valence-electron chi connectivity index (χ4n) is 4.85. The number of aliphatic hydroxyl groups is 2. The SMILES string of the molecule is O=C(O)CCCCC(=O)NCc1cccc(-c2ccc([C@H]3O[C@@H](CSCCO)C[C@@H](c4ccc(CO)cc4)O3)cc2)c1. The molecule has 0 aliphatic carbocycles. The summed E-state index contributed by atoms with van der Waals surface area (Å²) in [7, 11) is 0. The Bertz CT molecular complexity index is 1280. The van der Waals surface area contributed by atoms with E-state index in [-0.39, 0.29) is 37.7 Å². The van der Waals surface area contributed by atoms with Crippen LogP contribution in [0.15, 0.2) is 72.8 Å². The van der Waals surface area contributed by atoms with E-state index in [9.17, 15) is 19.8 Å². The number of carboxylic acids is 1. The fourth-order valence-corrected chi connectivity index (χ4v) is 5.62. The summed E-state index contributed by atoms with van der Waals surface area (Å²) in [5.74, 6) is 0.491. The lowest BCUT2D eigenvalue weighted by molar-refractivity contribution is -0.245. The van der Waals surface area contributed by atoms with Crippen LogP contribution in [-0.2, 0) is 32.2 Å². The second-order valence-corrected chi connectivity index (χ2v) is 11.5. The van der Waals surface area contributed by atoms with Gasteiger partial charge in [-0.25, -0.2) is 0 Å². The lowest BCUT2D eigenvalue weighted by Crippen LogP contribution is -2.31. The molecule has 4 rings (SSSR count). The number of hydrogen-bond acceptors (Lipinski definition) is 7. The van der Waals surface area contributed by atoms with Crippen molar-refractivity contribution in [3.8, 4) is 11.1 Å². The van der Waals surface area contributed by atoms with Crippen molar-refractivity contribution in [2.75, 3.05) is 18.1 Å². The van der Waals surface area contributed by atoms with Crippen LogP contribution in [0.5, 0.6) is 0 Å². The molecule has 1 aliphatic heterocycles. The van der Waals surface area contributed by atoms with E-state index in [0.29, 0.717) is 38.0 Å². The molecule has 1 saturated heterocycles. The third kappa shape index (κ3) is 9.68. The minimum atomic E-state index is -0.842. The summed E-state index contributed by atoms with van der Waals surface area (Å²) < 4.78 is 12.8. The quantitative estimate of drug-likeness (QED) is 0.173. The Morgan fingerprint density at radius 3 is 2.31 bits per heavy atom. The van der Waals surface area contributed by atoms with Gasteiger partial charge >= 0.3 is 5.97 Å². The van der Waals surface area contributed by atoms with E-state index in [1.165, 1.54) is 0 Å². The van der Waals surface area contributed by atoms with E-state index in [0.717, 1.165) is 39.1 Å². The van der Waals surface area contributed by atoms with Gasteiger partial charge in [0.15, 0.2) is 6.29 Å². The number of nitrogens with one attached hydrogen (secondary N) is 1. The molecule has 0 aromatic heterocycles. The standard InChI is InChI=1S/C33H39NO7S/c35-16-17-42-22-29-19-30(26-10-8-23(21-36)9-11-26)41-33(40-29)27-14-12-25(13-15-27)28-5-3-4-24(18-28)20-34-31(37)6-1-2-7-32(38)39/h3-5,8-15,18,29-30,33,35-36H,1-2,6-7,16-17,19-22H2,(H,34,37)(H,38,39)/t29-,30+,33+/m1/s1. The normalized spacial score (nSPS) is 18.5. The monoisotopic (exact) mass is 593 g/mol. The molecule has 3 aromatic rings. The molecule has 0 bridgehead atoms. The number of benzene rings is 3. The predicted molar refractivity (Wildman–Crippen MR) is 163 cm³/mol. The van der Waals surface area contributed by atoms with E-state index >= 15 is 0 Å². The van der Waals surface area contributed by atoms with Crippen LogP contribution in [0.1, 0.15) is 66.8 Å². The number of carbonyl (C=O) groups is 2. The highest BCUT2D eigenvalue weighted by Crippen LogP contribution is 2.39. The maximum Gasteiger partial charge on any atom is 0.303 e. The van der Waals surface area contributed by atoms with Crippen molar-refractivity contribution in [3.05, 3.63) is 95.1 Å². The molecule has 224 valence electrons. The first-order chi connectivity index (χ1) is 20.4. The number of hydrogen-bond donors (Lipinski definition) is 4. The van der Waals surface area contributed by atoms with Gasteiger partial charge in [-0.1, -0.05) is 66.7 Å². The van der Waals surface area contributed by atoms with Gasteiger partial charge in [0, 0.05) is 42.9 Å². The number of carbonyl (C=O) groups excluding carboxylic acids is 1. The lowest BCUT2D eigenvalue weighted by Gasteiger charge is -2.36.